The van der Waals surface area contributed by atoms with Crippen molar-refractivity contribution in [1.82, 2.24) is 26.6 Å². The van der Waals surface area contributed by atoms with E-state index in [0.717, 1.165) is 34.6 Å². The largest absolute Gasteiger partial charge is 0.394 e. The molecule has 0 aromatic heterocycles. The lowest BCUT2D eigenvalue weighted by atomic mass is 9.93. The summed E-state index contributed by atoms with van der Waals surface area (Å²) in [4.78, 5) is 64.8. The van der Waals surface area contributed by atoms with Crippen LogP contribution in [0.3, 0.4) is 0 Å². The third kappa shape index (κ3) is 24.9. The van der Waals surface area contributed by atoms with Gasteiger partial charge in [0.1, 0.15) is 262 Å². The molecule has 60 nitrogen and oxygen atoms in total. The van der Waals surface area contributed by atoms with E-state index in [9.17, 15) is 172 Å². The number of carbonyl (C=O) groups excluding carboxylic acids is 5. The summed E-state index contributed by atoms with van der Waals surface area (Å²) >= 11 is 0. The fourth-order valence-electron chi connectivity index (χ4n) is 17.6. The lowest BCUT2D eigenvalue weighted by Gasteiger charge is -2.51. The van der Waals surface area contributed by atoms with Crippen molar-refractivity contribution in [2.24, 2.45) is 0 Å². The molecule has 11 rings (SSSR count). The van der Waals surface area contributed by atoms with Gasteiger partial charge in [0.15, 0.2) is 69.2 Å². The zero-order valence-electron chi connectivity index (χ0n) is 73.4. The van der Waals surface area contributed by atoms with Gasteiger partial charge in [-0.3, -0.25) is 24.0 Å². The number of nitrogens with one attached hydrogen (secondary N) is 5. The van der Waals surface area contributed by atoms with Crippen LogP contribution in [0.2, 0.25) is 0 Å². The van der Waals surface area contributed by atoms with Crippen molar-refractivity contribution in [3.63, 3.8) is 0 Å². The highest BCUT2D eigenvalue weighted by Crippen LogP contribution is 2.42. The highest BCUT2D eigenvalue weighted by atomic mass is 16.8. The van der Waals surface area contributed by atoms with Crippen LogP contribution in [0.15, 0.2) is 0 Å². The molecule has 0 aliphatic carbocycles. The molecule has 0 unspecified atom stereocenters. The number of carbonyl (C=O) groups is 5. The van der Waals surface area contributed by atoms with E-state index in [1.165, 1.54) is 6.92 Å². The van der Waals surface area contributed by atoms with Gasteiger partial charge in [-0.15, -0.1) is 0 Å². The van der Waals surface area contributed by atoms with Crippen molar-refractivity contribution in [3.05, 3.63) is 0 Å². The number of aliphatic hydroxyl groups excluding tert-OH is 29. The first kappa shape index (κ1) is 112. The average molecular weight is 1990 g/mol. The topological polar surface area (TPSA) is 926 Å². The molecule has 0 spiro atoms. The van der Waals surface area contributed by atoms with Crippen LogP contribution in [-0.4, -0.2) is 581 Å². The van der Waals surface area contributed by atoms with Gasteiger partial charge in [-0.25, -0.2) is 0 Å². The second-order valence-corrected chi connectivity index (χ2v) is 34.6. The summed E-state index contributed by atoms with van der Waals surface area (Å²) in [5, 5.41) is 339. The minimum absolute atomic E-state index is 0.849. The lowest BCUT2D eigenvalue weighted by Crippen LogP contribution is -2.71. The molecule has 55 atom stereocenters. The maximum atomic E-state index is 13.4. The molecular weight excluding hydrogens is 1860 g/mol. The molecule has 5 amide bonds. The predicted molar refractivity (Wildman–Crippen MR) is 419 cm³/mol. The minimum atomic E-state index is -2.71. The number of hydrogen-bond acceptors (Lipinski definition) is 55. The van der Waals surface area contributed by atoms with E-state index in [-0.39, 0.29) is 0 Å². The van der Waals surface area contributed by atoms with Crippen molar-refractivity contribution < 1.29 is 272 Å². The molecule has 11 aliphatic heterocycles. The normalized spacial score (nSPS) is 49.2. The van der Waals surface area contributed by atoms with Gasteiger partial charge in [0, 0.05) is 34.6 Å². The quantitative estimate of drug-likeness (QED) is 0.0280. The molecule has 0 radical (unpaired) electrons. The zero-order valence-corrected chi connectivity index (χ0v) is 73.4. The molecule has 11 saturated heterocycles. The molecule has 0 saturated carbocycles. The van der Waals surface area contributed by atoms with Crippen LogP contribution in [0.1, 0.15) is 41.5 Å². The molecule has 0 aromatic rings. The monoisotopic (exact) mass is 1990 g/mol. The summed E-state index contributed by atoms with van der Waals surface area (Å²) in [6, 6.07) is -9.64. The molecule has 11 heterocycles. The van der Waals surface area contributed by atoms with Gasteiger partial charge >= 0.3 is 0 Å². The van der Waals surface area contributed by atoms with Gasteiger partial charge in [0.2, 0.25) is 29.5 Å². The van der Waals surface area contributed by atoms with Gasteiger partial charge in [0.05, 0.1) is 72.2 Å². The zero-order chi connectivity index (χ0) is 100. The van der Waals surface area contributed by atoms with Crippen molar-refractivity contribution >= 4 is 29.5 Å². The van der Waals surface area contributed by atoms with Gasteiger partial charge in [-0.05, 0) is 6.92 Å². The van der Waals surface area contributed by atoms with E-state index >= 15 is 0 Å². The standard InChI is InChI=1S/C76H127N5O55/c1-17-38(94)50(106)55(111)71(119-17)117-16-32-62(46(102)33(66(115)120-32)77-18(2)89)130-68-35(79-20(4)91)47(103)61(29(13-88)125-68)133-74-58(114)63(134-76-65(53(109)42(98)26(10-85)124-76)136-70-37(81-22(6)93)49(105)60(28(12-87)127-70)132-73-57(113)52(108)41(97)25(9-84)123-73)44(100)31(128-74)15-118-75-64(54(110)43(99)30(129-75)14-116-67-34(78-19(3)90)45(101)39(95)23(7-82)121-67)135-69-36(80-21(5)92)48(104)59(27(11-86)126-69)131-72-56(112)51(107)40(96)24(8-83)122-72/h17,23-76,82-88,94-115H,7-16H2,1-6H3,(H,77,89)(H,78,90)(H,79,91)(H,80,92)(H,81,93)/t17-,23+,24+,25+,26+,27+,28+,29+,30+,31+,32+,33+,34+,35+,36+,37+,38+,39+,40-,41-,42+,43+,44+,45+,46+,47+,48+,49+,50+,51-,52-,53-,54-,55-,56+,57+,58-,59+,60+,61+,62+,63-,64-,65-,66-,67+,68-,69-,70-,71+,72-,73-,74-,75-,76+/m0/s1. The Morgan fingerprint density at radius 3 is 0.875 bits per heavy atom. The number of hydrogen-bond donors (Lipinski definition) is 34. The minimum Gasteiger partial charge on any atom is -0.394 e. The van der Waals surface area contributed by atoms with Crippen LogP contribution in [-0.2, 0) is 123 Å². The van der Waals surface area contributed by atoms with Crippen molar-refractivity contribution in [2.75, 3.05) is 66.1 Å². The Morgan fingerprint density at radius 2 is 0.463 bits per heavy atom. The first-order chi connectivity index (χ1) is 64.3. The van der Waals surface area contributed by atoms with Gasteiger partial charge in [-0.2, -0.15) is 0 Å². The van der Waals surface area contributed by atoms with Gasteiger partial charge in [-0.1, -0.05) is 0 Å². The molecular formula is C76H127N5O55. The second kappa shape index (κ2) is 48.8. The Bertz CT molecular complexity index is 3760. The fraction of sp³-hybridized carbons (Fsp3) is 0.934. The highest BCUT2D eigenvalue weighted by molar-refractivity contribution is 5.75. The SMILES string of the molecule is CC(=O)N[C@@H]1[C@@H](O)[C@H](O[C@@H]2O[C@H](CO)[C@@H](O[C@@H]3O[C@H](CO[C@H]4O[C@H](CO[C@@H]5O[C@H](CO)[C@@H](O)[C@H](O)[C@H]5NC(C)=O)[C@@H](O)[C@H](O)[C@@H]4O[C@@H]4O[C@H](CO)[C@@H](O[C@@H]5O[C@H](CO)[C@H](O)[C@H](O)[C@H]5O)[C@H](O)[C@H]4NC(C)=O)[C@@H](O)[C@H](O[C@H]4O[C@H](CO)[C@@H](O)[C@H](O)[C@@H]4O[C@@H]4O[C@H](CO)[C@@H](O[C@@H]5O[C@H](CO)[C@H](O)[C@H](O)[C@H]5O)[C@H](O)[C@H]4NC(C)=O)[C@@H]3O)[C@H](O)[C@H]2NC(C)=O)[C@@H](CO[C@@H]2O[C@@H](C)[C@@H](O)[C@@H](O)[C@@H]2O)O[C@@H]1O. The molecule has 786 valence electrons. The van der Waals surface area contributed by atoms with Gasteiger partial charge in [0.25, 0.3) is 0 Å². The smallest absolute Gasteiger partial charge is 0.217 e. The second-order valence-electron chi connectivity index (χ2n) is 34.6. The number of aliphatic hydroxyl groups is 29. The molecule has 60 heteroatoms. The Hall–Kier alpha value is -4.65. The third-order valence-electron chi connectivity index (χ3n) is 24.9. The van der Waals surface area contributed by atoms with E-state index in [1.54, 1.807) is 0 Å². The van der Waals surface area contributed by atoms with Crippen molar-refractivity contribution in [1.29, 1.82) is 0 Å². The summed E-state index contributed by atoms with van der Waals surface area (Å²) in [6.07, 6.45) is -106. The van der Waals surface area contributed by atoms with Crippen LogP contribution in [0.5, 0.6) is 0 Å². The molecule has 0 bridgehead atoms. The Labute approximate surface area is 770 Å². The Kier molecular flexibility index (Phi) is 40.1. The molecule has 34 N–H and O–H groups in total. The maximum absolute atomic E-state index is 13.4. The summed E-state index contributed by atoms with van der Waals surface area (Å²) in [6.45, 7) is -5.29. The number of rotatable bonds is 35. The average Bonchev–Trinajstić information content (AvgIpc) is 0.769. The van der Waals surface area contributed by atoms with Crippen LogP contribution < -0.4 is 26.6 Å². The summed E-state index contributed by atoms with van der Waals surface area (Å²) in [5.41, 5.74) is 0. The van der Waals surface area contributed by atoms with Crippen molar-refractivity contribution in [2.45, 2.75) is 379 Å². The Morgan fingerprint density at radius 1 is 0.206 bits per heavy atom. The van der Waals surface area contributed by atoms with Gasteiger partial charge < -0.3 is 274 Å². The summed E-state index contributed by atoms with van der Waals surface area (Å²) < 4.78 is 126. The first-order valence-corrected chi connectivity index (χ1v) is 43.5. The Balaban J connectivity index is 0.964. The summed E-state index contributed by atoms with van der Waals surface area (Å²) in [7, 11) is 0. The fourth-order valence-corrected chi connectivity index (χ4v) is 17.6. The van der Waals surface area contributed by atoms with E-state index in [1.807, 2.05) is 0 Å². The van der Waals surface area contributed by atoms with Crippen molar-refractivity contribution in [3.8, 4) is 0 Å². The van der Waals surface area contributed by atoms with Crippen LogP contribution in [0.4, 0.5) is 0 Å². The number of ether oxygens (including phenoxy) is 21. The maximum Gasteiger partial charge on any atom is 0.217 e. The van der Waals surface area contributed by atoms with E-state index in [0.29, 0.717) is 0 Å². The van der Waals surface area contributed by atoms with E-state index < -0.39 is 433 Å². The highest BCUT2D eigenvalue weighted by Gasteiger charge is 2.63. The first-order valence-electron chi connectivity index (χ1n) is 43.5. The number of amides is 5. The molecule has 136 heavy (non-hydrogen) atoms. The lowest BCUT2D eigenvalue weighted by molar-refractivity contribution is -0.399. The van der Waals surface area contributed by atoms with Crippen LogP contribution >= 0.6 is 0 Å². The molecule has 0 aromatic carbocycles. The predicted octanol–water partition coefficient (Wildman–Crippen LogP) is -23.2. The summed E-state index contributed by atoms with van der Waals surface area (Å²) in [5.74, 6) is -4.76. The van der Waals surface area contributed by atoms with Crippen LogP contribution in [0, 0.1) is 0 Å². The van der Waals surface area contributed by atoms with E-state index in [4.69, 9.17) is 99.5 Å². The van der Waals surface area contributed by atoms with E-state index in [2.05, 4.69) is 26.6 Å². The van der Waals surface area contributed by atoms with Crippen LogP contribution in [0.25, 0.3) is 0 Å². The third-order valence-corrected chi connectivity index (χ3v) is 24.9. The molecule has 11 aliphatic rings. The molecule has 11 fully saturated rings.